The summed E-state index contributed by atoms with van der Waals surface area (Å²) in [6.07, 6.45) is 5.60. The number of nitrogens with zero attached hydrogens (tertiary/aromatic N) is 3. The van der Waals surface area contributed by atoms with E-state index in [1.165, 1.54) is 5.56 Å². The summed E-state index contributed by atoms with van der Waals surface area (Å²) < 4.78 is 2.05. The minimum Gasteiger partial charge on any atom is -0.338 e. The van der Waals surface area contributed by atoms with Crippen molar-refractivity contribution in [1.82, 2.24) is 14.5 Å². The van der Waals surface area contributed by atoms with Gasteiger partial charge in [0.25, 0.3) is 5.91 Å². The second-order valence-corrected chi connectivity index (χ2v) is 7.61. The largest absolute Gasteiger partial charge is 0.338 e. The second-order valence-electron chi connectivity index (χ2n) is 7.61. The molecular weight excluding hydrogens is 370 g/mol. The van der Waals surface area contributed by atoms with Crippen LogP contribution in [0.5, 0.6) is 0 Å². The highest BCUT2D eigenvalue weighted by molar-refractivity contribution is 5.94. The molecule has 1 amide bonds. The van der Waals surface area contributed by atoms with Gasteiger partial charge < -0.3 is 9.47 Å². The van der Waals surface area contributed by atoms with Crippen LogP contribution in [0.15, 0.2) is 91.4 Å². The van der Waals surface area contributed by atoms with Crippen LogP contribution in [0.3, 0.4) is 0 Å². The molecule has 30 heavy (non-hydrogen) atoms. The van der Waals surface area contributed by atoms with Crippen molar-refractivity contribution in [2.45, 2.75) is 20.0 Å². The molecule has 0 saturated carbocycles. The standard InChI is InChI=1S/C26H25N3O/c1-20-8-10-22(11-9-20)18-29-19-24(23-12-14-27-15-13-23)16-25(29)26(30)28(2)17-21-6-4-3-5-7-21/h3-16,19H,17-18H2,1-2H3. The number of aryl methyl sites for hydroxylation is 1. The maximum absolute atomic E-state index is 13.4. The number of carbonyl (C=O) groups excluding carboxylic acids is 1. The number of hydrogen-bond acceptors (Lipinski definition) is 2. The number of pyridine rings is 1. The lowest BCUT2D eigenvalue weighted by Crippen LogP contribution is -2.28. The summed E-state index contributed by atoms with van der Waals surface area (Å²) in [5.74, 6) is 0.00581. The van der Waals surface area contributed by atoms with Crippen LogP contribution in [-0.2, 0) is 13.1 Å². The number of hydrogen-bond donors (Lipinski definition) is 0. The lowest BCUT2D eigenvalue weighted by molar-refractivity contribution is 0.0775. The van der Waals surface area contributed by atoms with Crippen LogP contribution < -0.4 is 0 Å². The van der Waals surface area contributed by atoms with Crippen molar-refractivity contribution in [2.75, 3.05) is 7.05 Å². The number of amides is 1. The van der Waals surface area contributed by atoms with Gasteiger partial charge in [-0.1, -0.05) is 60.2 Å². The first-order chi connectivity index (χ1) is 14.6. The molecule has 150 valence electrons. The van der Waals surface area contributed by atoms with Gasteiger partial charge in [0, 0.05) is 44.3 Å². The summed E-state index contributed by atoms with van der Waals surface area (Å²) in [4.78, 5) is 19.2. The molecule has 0 atom stereocenters. The Morgan fingerprint density at radius 3 is 2.30 bits per heavy atom. The quantitative estimate of drug-likeness (QED) is 0.451. The molecule has 4 nitrogen and oxygen atoms in total. The van der Waals surface area contributed by atoms with Crippen molar-refractivity contribution in [3.8, 4) is 11.1 Å². The maximum atomic E-state index is 13.4. The van der Waals surface area contributed by atoms with E-state index in [0.717, 1.165) is 22.3 Å². The SMILES string of the molecule is Cc1ccc(Cn2cc(-c3ccncc3)cc2C(=O)N(C)Cc2ccccc2)cc1. The van der Waals surface area contributed by atoms with E-state index in [2.05, 4.69) is 42.4 Å². The summed E-state index contributed by atoms with van der Waals surface area (Å²) in [6.45, 7) is 3.29. The first-order valence-corrected chi connectivity index (χ1v) is 10.1. The zero-order chi connectivity index (χ0) is 20.9. The Morgan fingerprint density at radius 1 is 0.900 bits per heavy atom. The van der Waals surface area contributed by atoms with E-state index in [1.807, 2.05) is 60.1 Å². The average Bonchev–Trinajstić information content (AvgIpc) is 3.20. The molecule has 0 unspecified atom stereocenters. The topological polar surface area (TPSA) is 38.1 Å². The molecule has 4 heteroatoms. The van der Waals surface area contributed by atoms with Gasteiger partial charge in [-0.05, 0) is 41.8 Å². The van der Waals surface area contributed by atoms with Gasteiger partial charge in [-0.3, -0.25) is 9.78 Å². The van der Waals surface area contributed by atoms with Crippen LogP contribution in [-0.4, -0.2) is 27.4 Å². The highest BCUT2D eigenvalue weighted by Gasteiger charge is 2.19. The van der Waals surface area contributed by atoms with Crippen molar-refractivity contribution in [1.29, 1.82) is 0 Å². The molecule has 2 aromatic carbocycles. The smallest absolute Gasteiger partial charge is 0.270 e. The molecule has 0 aliphatic rings. The normalized spacial score (nSPS) is 10.7. The van der Waals surface area contributed by atoms with Gasteiger partial charge in [0.2, 0.25) is 0 Å². The number of carbonyl (C=O) groups is 1. The van der Waals surface area contributed by atoms with Crippen LogP contribution >= 0.6 is 0 Å². The molecule has 4 rings (SSSR count). The minimum absolute atomic E-state index is 0.00581. The van der Waals surface area contributed by atoms with E-state index in [1.54, 1.807) is 17.3 Å². The lowest BCUT2D eigenvalue weighted by atomic mass is 10.1. The van der Waals surface area contributed by atoms with E-state index >= 15 is 0 Å². The molecule has 0 radical (unpaired) electrons. The van der Waals surface area contributed by atoms with Crippen LogP contribution in [0, 0.1) is 6.92 Å². The average molecular weight is 396 g/mol. The van der Waals surface area contributed by atoms with Gasteiger partial charge in [-0.2, -0.15) is 0 Å². The predicted molar refractivity (Wildman–Crippen MR) is 120 cm³/mol. The summed E-state index contributed by atoms with van der Waals surface area (Å²) in [5.41, 5.74) is 6.24. The Labute approximate surface area is 177 Å². The Bertz CT molecular complexity index is 1120. The van der Waals surface area contributed by atoms with E-state index in [4.69, 9.17) is 0 Å². The lowest BCUT2D eigenvalue weighted by Gasteiger charge is -2.18. The van der Waals surface area contributed by atoms with Gasteiger partial charge in [0.1, 0.15) is 5.69 Å². The molecule has 0 saturated heterocycles. The van der Waals surface area contributed by atoms with Crippen LogP contribution in [0.25, 0.3) is 11.1 Å². The molecule has 2 heterocycles. The molecule has 0 fully saturated rings. The molecular formula is C26H25N3O. The van der Waals surface area contributed by atoms with Gasteiger partial charge in [0.15, 0.2) is 0 Å². The zero-order valence-electron chi connectivity index (χ0n) is 17.3. The highest BCUT2D eigenvalue weighted by Crippen LogP contribution is 2.24. The Morgan fingerprint density at radius 2 is 1.60 bits per heavy atom. The van der Waals surface area contributed by atoms with Gasteiger partial charge in [-0.25, -0.2) is 0 Å². The van der Waals surface area contributed by atoms with Crippen molar-refractivity contribution in [2.24, 2.45) is 0 Å². The fourth-order valence-corrected chi connectivity index (χ4v) is 3.54. The Balaban J connectivity index is 1.66. The minimum atomic E-state index is 0.00581. The van der Waals surface area contributed by atoms with Crippen molar-refractivity contribution >= 4 is 5.91 Å². The Kier molecular flexibility index (Phi) is 5.75. The van der Waals surface area contributed by atoms with Gasteiger partial charge in [0.05, 0.1) is 0 Å². The van der Waals surface area contributed by atoms with Gasteiger partial charge >= 0.3 is 0 Å². The zero-order valence-corrected chi connectivity index (χ0v) is 17.3. The van der Waals surface area contributed by atoms with Crippen LogP contribution in [0.2, 0.25) is 0 Å². The fraction of sp³-hybridized carbons (Fsp3) is 0.154. The third kappa shape index (κ3) is 4.49. The summed E-state index contributed by atoms with van der Waals surface area (Å²) in [7, 11) is 1.85. The summed E-state index contributed by atoms with van der Waals surface area (Å²) in [6, 6.07) is 24.4. The van der Waals surface area contributed by atoms with Crippen molar-refractivity contribution < 1.29 is 4.79 Å². The number of benzene rings is 2. The summed E-state index contributed by atoms with van der Waals surface area (Å²) >= 11 is 0. The monoisotopic (exact) mass is 395 g/mol. The van der Waals surface area contributed by atoms with Crippen molar-refractivity contribution in [3.63, 3.8) is 0 Å². The number of aromatic nitrogens is 2. The molecule has 0 bridgehead atoms. The van der Waals surface area contributed by atoms with Crippen LogP contribution in [0.1, 0.15) is 27.2 Å². The number of rotatable bonds is 6. The first-order valence-electron chi connectivity index (χ1n) is 10.1. The Hall–Kier alpha value is -3.66. The van der Waals surface area contributed by atoms with E-state index in [0.29, 0.717) is 18.8 Å². The second kappa shape index (κ2) is 8.78. The molecule has 0 aliphatic heterocycles. The molecule has 0 N–H and O–H groups in total. The molecule has 0 spiro atoms. The molecule has 0 aliphatic carbocycles. The molecule has 4 aromatic rings. The van der Waals surface area contributed by atoms with E-state index in [9.17, 15) is 4.79 Å². The third-order valence-electron chi connectivity index (χ3n) is 5.21. The van der Waals surface area contributed by atoms with E-state index in [-0.39, 0.29) is 5.91 Å². The fourth-order valence-electron chi connectivity index (χ4n) is 3.54. The van der Waals surface area contributed by atoms with E-state index < -0.39 is 0 Å². The van der Waals surface area contributed by atoms with Gasteiger partial charge in [-0.15, -0.1) is 0 Å². The van der Waals surface area contributed by atoms with Crippen LogP contribution in [0.4, 0.5) is 0 Å². The maximum Gasteiger partial charge on any atom is 0.270 e. The third-order valence-corrected chi connectivity index (χ3v) is 5.21. The first kappa shape index (κ1) is 19.6. The highest BCUT2D eigenvalue weighted by atomic mass is 16.2. The molecule has 2 aromatic heterocycles. The predicted octanol–water partition coefficient (Wildman–Crippen LogP) is 5.18. The summed E-state index contributed by atoms with van der Waals surface area (Å²) in [5, 5.41) is 0. The van der Waals surface area contributed by atoms with Crippen molar-refractivity contribution in [3.05, 3.63) is 114 Å².